The van der Waals surface area contributed by atoms with Crippen molar-refractivity contribution in [1.29, 1.82) is 0 Å². The van der Waals surface area contributed by atoms with E-state index in [-0.39, 0.29) is 5.91 Å². The number of carbonyl (C=O) groups excluding carboxylic acids is 1. The molecule has 1 fully saturated rings. The van der Waals surface area contributed by atoms with Crippen LogP contribution in [0.4, 0.5) is 0 Å². The summed E-state index contributed by atoms with van der Waals surface area (Å²) in [7, 11) is 1.80. The highest BCUT2D eigenvalue weighted by Gasteiger charge is 2.25. The quantitative estimate of drug-likeness (QED) is 0.810. The Labute approximate surface area is 102 Å². The van der Waals surface area contributed by atoms with Gasteiger partial charge >= 0.3 is 0 Å². The highest BCUT2D eigenvalue weighted by molar-refractivity contribution is 5.78. The number of hydrogen-bond donors (Lipinski definition) is 2. The summed E-state index contributed by atoms with van der Waals surface area (Å²) in [5, 5.41) is 2.91. The lowest BCUT2D eigenvalue weighted by Gasteiger charge is -2.31. The lowest BCUT2D eigenvalue weighted by Crippen LogP contribution is -2.43. The maximum atomic E-state index is 11.8. The molecule has 2 N–H and O–H groups in total. The van der Waals surface area contributed by atoms with Crippen LogP contribution in [0, 0.1) is 6.92 Å². The number of H-pyrrole nitrogens is 1. The van der Waals surface area contributed by atoms with Gasteiger partial charge in [0, 0.05) is 30.9 Å². The van der Waals surface area contributed by atoms with E-state index in [0.717, 1.165) is 37.4 Å². The molecule has 1 aromatic rings. The predicted octanol–water partition coefficient (Wildman–Crippen LogP) is 0.644. The van der Waals surface area contributed by atoms with E-state index in [2.05, 4.69) is 15.3 Å². The average Bonchev–Trinajstić information content (AvgIpc) is 2.76. The van der Waals surface area contributed by atoms with E-state index in [4.69, 9.17) is 0 Å². The zero-order valence-corrected chi connectivity index (χ0v) is 10.5. The van der Waals surface area contributed by atoms with Crippen LogP contribution in [-0.4, -0.2) is 47.5 Å². The zero-order valence-electron chi connectivity index (χ0n) is 10.5. The Balaban J connectivity index is 1.99. The number of rotatable bonds is 3. The Kier molecular flexibility index (Phi) is 3.78. The SMILES string of the molecule is CNCC(=O)N1CCC[C@H](c2ncc(C)[nH]2)C1. The molecule has 2 heterocycles. The van der Waals surface area contributed by atoms with E-state index in [1.807, 2.05) is 18.0 Å². The third-order valence-electron chi connectivity index (χ3n) is 3.21. The standard InChI is InChI=1S/C12H20N4O/c1-9-6-14-12(15-9)10-4-3-5-16(8-10)11(17)7-13-2/h6,10,13H,3-5,7-8H2,1-2H3,(H,14,15)/t10-/m0/s1. The monoisotopic (exact) mass is 236 g/mol. The fraction of sp³-hybridized carbons (Fsp3) is 0.667. The Bertz CT molecular complexity index is 388. The van der Waals surface area contributed by atoms with Crippen LogP contribution >= 0.6 is 0 Å². The van der Waals surface area contributed by atoms with Crippen LogP contribution in [-0.2, 0) is 4.79 Å². The van der Waals surface area contributed by atoms with E-state index in [1.54, 1.807) is 7.05 Å². The number of carbonyl (C=O) groups is 1. The minimum absolute atomic E-state index is 0.181. The van der Waals surface area contributed by atoms with Crippen LogP contribution in [0.2, 0.25) is 0 Å². The summed E-state index contributed by atoms with van der Waals surface area (Å²) >= 11 is 0. The van der Waals surface area contributed by atoms with Gasteiger partial charge in [0.2, 0.25) is 5.91 Å². The maximum absolute atomic E-state index is 11.8. The average molecular weight is 236 g/mol. The molecule has 0 saturated carbocycles. The second kappa shape index (κ2) is 5.31. The van der Waals surface area contributed by atoms with Gasteiger partial charge in [-0.3, -0.25) is 4.79 Å². The Morgan fingerprint density at radius 3 is 3.18 bits per heavy atom. The van der Waals surface area contributed by atoms with Crippen molar-refractivity contribution >= 4 is 5.91 Å². The third-order valence-corrected chi connectivity index (χ3v) is 3.21. The van der Waals surface area contributed by atoms with Crippen molar-refractivity contribution < 1.29 is 4.79 Å². The molecule has 5 nitrogen and oxygen atoms in total. The minimum atomic E-state index is 0.181. The van der Waals surface area contributed by atoms with Crippen molar-refractivity contribution in [2.45, 2.75) is 25.7 Å². The molecular formula is C12H20N4O. The predicted molar refractivity (Wildman–Crippen MR) is 65.8 cm³/mol. The number of nitrogens with zero attached hydrogens (tertiary/aromatic N) is 2. The Morgan fingerprint density at radius 2 is 2.53 bits per heavy atom. The number of hydrogen-bond acceptors (Lipinski definition) is 3. The third kappa shape index (κ3) is 2.85. The molecule has 1 aromatic heterocycles. The second-order valence-corrected chi connectivity index (χ2v) is 4.66. The molecule has 1 amide bonds. The fourth-order valence-corrected chi connectivity index (χ4v) is 2.33. The fourth-order valence-electron chi connectivity index (χ4n) is 2.33. The van der Waals surface area contributed by atoms with Crippen LogP contribution in [0.1, 0.15) is 30.3 Å². The molecule has 1 saturated heterocycles. The maximum Gasteiger partial charge on any atom is 0.236 e. The van der Waals surface area contributed by atoms with Crippen LogP contribution < -0.4 is 5.32 Å². The molecule has 0 bridgehead atoms. The minimum Gasteiger partial charge on any atom is -0.346 e. The number of aromatic nitrogens is 2. The van der Waals surface area contributed by atoms with Crippen LogP contribution in [0.25, 0.3) is 0 Å². The van der Waals surface area contributed by atoms with Crippen molar-refractivity contribution in [1.82, 2.24) is 20.2 Å². The number of aryl methyl sites for hydroxylation is 1. The summed E-state index contributed by atoms with van der Waals surface area (Å²) in [6, 6.07) is 0. The lowest BCUT2D eigenvalue weighted by molar-refractivity contribution is -0.131. The number of piperidine rings is 1. The van der Waals surface area contributed by atoms with E-state index in [0.29, 0.717) is 12.5 Å². The van der Waals surface area contributed by atoms with E-state index < -0.39 is 0 Å². The van der Waals surface area contributed by atoms with Gasteiger partial charge < -0.3 is 15.2 Å². The molecule has 2 rings (SSSR count). The van der Waals surface area contributed by atoms with Gasteiger partial charge in [0.05, 0.1) is 6.54 Å². The number of imidazole rings is 1. The lowest BCUT2D eigenvalue weighted by atomic mass is 9.97. The van der Waals surface area contributed by atoms with Gasteiger partial charge in [-0.25, -0.2) is 4.98 Å². The topological polar surface area (TPSA) is 61.0 Å². The summed E-state index contributed by atoms with van der Waals surface area (Å²) in [4.78, 5) is 21.4. The van der Waals surface area contributed by atoms with Crippen molar-refractivity contribution in [2.24, 2.45) is 0 Å². The summed E-state index contributed by atoms with van der Waals surface area (Å²) in [6.45, 7) is 4.08. The molecule has 0 radical (unpaired) electrons. The van der Waals surface area contributed by atoms with Gasteiger partial charge in [-0.15, -0.1) is 0 Å². The first kappa shape index (κ1) is 12.1. The van der Waals surface area contributed by atoms with Gasteiger partial charge in [-0.05, 0) is 26.8 Å². The molecule has 0 aliphatic carbocycles. The largest absolute Gasteiger partial charge is 0.346 e. The van der Waals surface area contributed by atoms with Gasteiger partial charge in [0.15, 0.2) is 0 Å². The Hall–Kier alpha value is -1.36. The number of likely N-dealkylation sites (N-methyl/N-ethyl adjacent to an activating group) is 1. The van der Waals surface area contributed by atoms with Crippen LogP contribution in [0.3, 0.4) is 0 Å². The molecule has 5 heteroatoms. The number of likely N-dealkylation sites (tertiary alicyclic amines) is 1. The number of nitrogens with one attached hydrogen (secondary N) is 2. The number of amides is 1. The first-order chi connectivity index (χ1) is 8.20. The molecule has 1 aliphatic heterocycles. The molecule has 0 spiro atoms. The summed E-state index contributed by atoms with van der Waals surface area (Å²) in [5.74, 6) is 1.56. The van der Waals surface area contributed by atoms with Gasteiger partial charge in [0.1, 0.15) is 5.82 Å². The molecule has 0 unspecified atom stereocenters. The summed E-state index contributed by atoms with van der Waals surface area (Å²) in [5.41, 5.74) is 1.08. The van der Waals surface area contributed by atoms with Gasteiger partial charge in [0.25, 0.3) is 0 Å². The summed E-state index contributed by atoms with van der Waals surface area (Å²) in [6.07, 6.45) is 4.01. The zero-order chi connectivity index (χ0) is 12.3. The Morgan fingerprint density at radius 1 is 1.71 bits per heavy atom. The molecule has 1 atom stereocenters. The normalized spacial score (nSPS) is 20.6. The second-order valence-electron chi connectivity index (χ2n) is 4.66. The van der Waals surface area contributed by atoms with Crippen molar-refractivity contribution in [2.75, 3.05) is 26.7 Å². The van der Waals surface area contributed by atoms with Crippen molar-refractivity contribution in [3.8, 4) is 0 Å². The molecule has 1 aliphatic rings. The number of aromatic amines is 1. The van der Waals surface area contributed by atoms with E-state index in [1.165, 1.54) is 0 Å². The molecule has 0 aromatic carbocycles. The highest BCUT2D eigenvalue weighted by atomic mass is 16.2. The van der Waals surface area contributed by atoms with Crippen LogP contribution in [0.15, 0.2) is 6.20 Å². The molecule has 94 valence electrons. The van der Waals surface area contributed by atoms with E-state index >= 15 is 0 Å². The molecule has 17 heavy (non-hydrogen) atoms. The summed E-state index contributed by atoms with van der Waals surface area (Å²) < 4.78 is 0. The first-order valence-corrected chi connectivity index (χ1v) is 6.14. The van der Waals surface area contributed by atoms with Crippen molar-refractivity contribution in [3.63, 3.8) is 0 Å². The molecular weight excluding hydrogens is 216 g/mol. The smallest absolute Gasteiger partial charge is 0.236 e. The first-order valence-electron chi connectivity index (χ1n) is 6.14. The van der Waals surface area contributed by atoms with Gasteiger partial charge in [-0.1, -0.05) is 0 Å². The van der Waals surface area contributed by atoms with Crippen molar-refractivity contribution in [3.05, 3.63) is 17.7 Å². The van der Waals surface area contributed by atoms with Crippen LogP contribution in [0.5, 0.6) is 0 Å². The van der Waals surface area contributed by atoms with E-state index in [9.17, 15) is 4.79 Å². The highest BCUT2D eigenvalue weighted by Crippen LogP contribution is 2.24. The van der Waals surface area contributed by atoms with Gasteiger partial charge in [-0.2, -0.15) is 0 Å².